The number of nitrogens with one attached hydrogen (secondary N) is 3. The van der Waals surface area contributed by atoms with Crippen molar-refractivity contribution in [3.63, 3.8) is 0 Å². The van der Waals surface area contributed by atoms with E-state index in [2.05, 4.69) is 44.8 Å². The van der Waals surface area contributed by atoms with Gasteiger partial charge in [-0.3, -0.25) is 10.1 Å². The number of amides is 1. The average molecular weight is 665 g/mol. The largest absolute Gasteiger partial charge is 0.506 e. The van der Waals surface area contributed by atoms with Crippen molar-refractivity contribution < 1.29 is 14.6 Å². The van der Waals surface area contributed by atoms with Gasteiger partial charge >= 0.3 is 11.0 Å². The monoisotopic (exact) mass is 664 g/mol. The molecule has 0 aliphatic carbocycles. The maximum Gasteiger partial charge on any atom is 0.411 e. The Morgan fingerprint density at radius 1 is 0.854 bits per heavy atom. The predicted octanol–water partition coefficient (Wildman–Crippen LogP) is 7.37. The van der Waals surface area contributed by atoms with Crippen LogP contribution in [0.25, 0.3) is 21.3 Å². The van der Waals surface area contributed by atoms with Gasteiger partial charge in [0.05, 0.1) is 10.4 Å². The van der Waals surface area contributed by atoms with Gasteiger partial charge in [0.1, 0.15) is 17.4 Å². The van der Waals surface area contributed by atoms with Crippen LogP contribution in [0.1, 0.15) is 42.4 Å². The summed E-state index contributed by atoms with van der Waals surface area (Å²) in [6.07, 6.45) is 6.34. The number of aromatic amines is 1. The third-order valence-electron chi connectivity index (χ3n) is 9.05. The van der Waals surface area contributed by atoms with E-state index in [1.165, 1.54) is 11.1 Å². The lowest BCUT2D eigenvalue weighted by Gasteiger charge is -2.31. The zero-order chi connectivity index (χ0) is 33.1. The highest BCUT2D eigenvalue weighted by Crippen LogP contribution is 2.29. The Balaban J connectivity index is 0.835. The number of rotatable bonds is 14. The van der Waals surface area contributed by atoms with E-state index in [4.69, 9.17) is 4.74 Å². The van der Waals surface area contributed by atoms with E-state index in [1.54, 1.807) is 6.07 Å². The van der Waals surface area contributed by atoms with Crippen LogP contribution in [0.2, 0.25) is 0 Å². The lowest BCUT2D eigenvalue weighted by molar-refractivity contribution is 0.0587. The molecule has 0 atom stereocenters. The van der Waals surface area contributed by atoms with Gasteiger partial charge in [-0.2, -0.15) is 0 Å². The maximum atomic E-state index is 12.7. The Kier molecular flexibility index (Phi) is 11.6. The molecule has 1 amide bonds. The highest BCUT2D eigenvalue weighted by Gasteiger charge is 2.22. The second-order valence-corrected chi connectivity index (χ2v) is 13.5. The number of aromatic hydroxyl groups is 1. The van der Waals surface area contributed by atoms with E-state index in [0.29, 0.717) is 5.52 Å². The van der Waals surface area contributed by atoms with Crippen LogP contribution in [-0.4, -0.2) is 59.9 Å². The molecule has 1 aromatic heterocycles. The van der Waals surface area contributed by atoms with E-state index >= 15 is 0 Å². The van der Waals surface area contributed by atoms with Crippen molar-refractivity contribution in [2.75, 3.05) is 38.0 Å². The molecule has 1 fully saturated rings. The topological polar surface area (TPSA) is 107 Å². The minimum Gasteiger partial charge on any atom is -0.506 e. The number of aryl methyl sites for hydroxylation is 2. The molecular formula is C39H44N4O4S. The first-order valence-corrected chi connectivity index (χ1v) is 17.8. The summed E-state index contributed by atoms with van der Waals surface area (Å²) in [5.74, 6) is 0.124. The number of carbonyl (C=O) groups excluding carboxylic acids is 1. The Labute approximate surface area is 285 Å². The van der Waals surface area contributed by atoms with Gasteiger partial charge in [-0.25, -0.2) is 4.79 Å². The molecule has 4 aromatic carbocycles. The van der Waals surface area contributed by atoms with Gasteiger partial charge in [0.25, 0.3) is 0 Å². The summed E-state index contributed by atoms with van der Waals surface area (Å²) in [6, 6.07) is 30.5. The van der Waals surface area contributed by atoms with Crippen LogP contribution >= 0.6 is 11.3 Å². The summed E-state index contributed by atoms with van der Waals surface area (Å²) in [6.45, 7) is 4.70. The average Bonchev–Trinajstić information content (AvgIpc) is 3.52. The zero-order valence-electron chi connectivity index (χ0n) is 27.3. The van der Waals surface area contributed by atoms with Gasteiger partial charge in [0.15, 0.2) is 0 Å². The van der Waals surface area contributed by atoms with Gasteiger partial charge in [-0.05, 0) is 99.0 Å². The molecule has 8 nitrogen and oxygen atoms in total. The summed E-state index contributed by atoms with van der Waals surface area (Å²) in [7, 11) is 0. The molecule has 250 valence electrons. The molecule has 9 heteroatoms. The standard InChI is InChI=1S/C39H44N4O4S/c44-35-19-18-31(37-36(35)42-39(46)48-37)20-24-40-23-6-8-28-14-16-29(17-15-28)9-7-25-43-26-21-32(22-27-43)47-38(45)41-34-13-5-4-12-33(34)30-10-2-1-3-11-30/h1-5,10-19,32,40,44H,6-9,20-27H2,(H,41,45)(H,42,46). The number of aromatic nitrogens is 1. The highest BCUT2D eigenvalue weighted by molar-refractivity contribution is 7.16. The van der Waals surface area contributed by atoms with Crippen LogP contribution in [0.15, 0.2) is 95.8 Å². The fourth-order valence-corrected chi connectivity index (χ4v) is 7.32. The van der Waals surface area contributed by atoms with Crippen LogP contribution in [0, 0.1) is 0 Å². The van der Waals surface area contributed by atoms with Crippen molar-refractivity contribution >= 4 is 33.3 Å². The molecule has 0 radical (unpaired) electrons. The van der Waals surface area contributed by atoms with E-state index < -0.39 is 0 Å². The molecular weight excluding hydrogens is 621 g/mol. The number of para-hydroxylation sites is 1. The molecule has 0 bridgehead atoms. The fourth-order valence-electron chi connectivity index (χ4n) is 6.42. The first-order valence-electron chi connectivity index (χ1n) is 17.0. The first-order chi connectivity index (χ1) is 23.5. The predicted molar refractivity (Wildman–Crippen MR) is 195 cm³/mol. The SMILES string of the molecule is O=C(Nc1ccccc1-c1ccccc1)OC1CCN(CCCc2ccc(CCCNCCc3ccc(O)c4[nH]c(=O)sc34)cc2)CC1. The maximum absolute atomic E-state index is 12.7. The van der Waals surface area contributed by atoms with Crippen LogP contribution in [0.5, 0.6) is 5.75 Å². The summed E-state index contributed by atoms with van der Waals surface area (Å²) >= 11 is 1.15. The molecule has 1 saturated heterocycles. The Morgan fingerprint density at radius 3 is 2.33 bits per heavy atom. The Bertz CT molecular complexity index is 1830. The van der Waals surface area contributed by atoms with Crippen LogP contribution in [-0.2, 0) is 24.0 Å². The van der Waals surface area contributed by atoms with Crippen LogP contribution < -0.4 is 15.5 Å². The van der Waals surface area contributed by atoms with Gasteiger partial charge < -0.3 is 25.0 Å². The molecule has 0 saturated carbocycles. The number of likely N-dealkylation sites (tertiary alicyclic amines) is 1. The number of hydrogen-bond acceptors (Lipinski definition) is 7. The second-order valence-electron chi connectivity index (χ2n) is 12.5. The number of ether oxygens (including phenoxy) is 1. The molecule has 0 unspecified atom stereocenters. The number of phenols is 1. The van der Waals surface area contributed by atoms with Gasteiger partial charge in [-0.15, -0.1) is 0 Å². The lowest BCUT2D eigenvalue weighted by atomic mass is 10.0. The quantitative estimate of drug-likeness (QED) is 0.0924. The van der Waals surface area contributed by atoms with Crippen molar-refractivity contribution in [1.29, 1.82) is 0 Å². The molecule has 48 heavy (non-hydrogen) atoms. The summed E-state index contributed by atoms with van der Waals surface area (Å²) < 4.78 is 6.65. The number of piperidine rings is 1. The Hall–Kier alpha value is -4.44. The van der Waals surface area contributed by atoms with Gasteiger partial charge in [0, 0.05) is 18.7 Å². The molecule has 4 N–H and O–H groups in total. The molecule has 6 rings (SSSR count). The third-order valence-corrected chi connectivity index (χ3v) is 10.0. The fraction of sp³-hybridized carbons (Fsp3) is 0.333. The number of fused-ring (bicyclic) bond motifs is 1. The highest BCUT2D eigenvalue weighted by atomic mass is 32.1. The van der Waals surface area contributed by atoms with E-state index in [1.807, 2.05) is 60.7 Å². The van der Waals surface area contributed by atoms with Crippen molar-refractivity contribution in [1.82, 2.24) is 15.2 Å². The molecule has 5 aromatic rings. The number of carbonyl (C=O) groups is 1. The third kappa shape index (κ3) is 9.13. The molecule has 0 spiro atoms. The van der Waals surface area contributed by atoms with Crippen LogP contribution in [0.4, 0.5) is 10.5 Å². The summed E-state index contributed by atoms with van der Waals surface area (Å²) in [5.41, 5.74) is 7.14. The van der Waals surface area contributed by atoms with E-state index in [-0.39, 0.29) is 22.8 Å². The number of hydrogen-bond donors (Lipinski definition) is 4. The van der Waals surface area contributed by atoms with E-state index in [0.717, 1.165) is 116 Å². The first kappa shape index (κ1) is 33.5. The zero-order valence-corrected chi connectivity index (χ0v) is 28.1. The van der Waals surface area contributed by atoms with Crippen LogP contribution in [0.3, 0.4) is 0 Å². The van der Waals surface area contributed by atoms with E-state index in [9.17, 15) is 14.7 Å². The number of benzene rings is 4. The molecule has 1 aliphatic heterocycles. The summed E-state index contributed by atoms with van der Waals surface area (Å²) in [4.78, 5) is 29.5. The number of phenolic OH excluding ortho intramolecular Hbond substituents is 1. The number of nitrogens with zero attached hydrogens (tertiary/aromatic N) is 1. The number of H-pyrrole nitrogens is 1. The van der Waals surface area contributed by atoms with Crippen molar-refractivity contribution in [2.24, 2.45) is 0 Å². The number of thiazole rings is 1. The van der Waals surface area contributed by atoms with Crippen molar-refractivity contribution in [2.45, 2.75) is 51.0 Å². The smallest absolute Gasteiger partial charge is 0.411 e. The number of anilines is 1. The second kappa shape index (κ2) is 16.6. The normalized spacial score (nSPS) is 13.9. The Morgan fingerprint density at radius 2 is 1.56 bits per heavy atom. The van der Waals surface area contributed by atoms with Gasteiger partial charge in [0.2, 0.25) is 0 Å². The summed E-state index contributed by atoms with van der Waals surface area (Å²) in [5, 5.41) is 16.4. The lowest BCUT2D eigenvalue weighted by Crippen LogP contribution is -2.39. The minimum absolute atomic E-state index is 0.0589. The van der Waals surface area contributed by atoms with Crippen molar-refractivity contribution in [3.05, 3.63) is 117 Å². The van der Waals surface area contributed by atoms with Crippen molar-refractivity contribution in [3.8, 4) is 16.9 Å². The molecule has 2 heterocycles. The minimum atomic E-state index is -0.387. The molecule has 1 aliphatic rings. The van der Waals surface area contributed by atoms with Gasteiger partial charge in [-0.1, -0.05) is 90.2 Å².